The molecular formula is C14H21N3O3S. The van der Waals surface area contributed by atoms with E-state index >= 15 is 0 Å². The molecule has 116 valence electrons. The molecule has 1 saturated heterocycles. The minimum absolute atomic E-state index is 0.167. The fourth-order valence-electron chi connectivity index (χ4n) is 2.47. The highest BCUT2D eigenvalue weighted by Gasteiger charge is 2.31. The Kier molecular flexibility index (Phi) is 4.82. The number of nitrogens with one attached hydrogen (secondary N) is 2. The van der Waals surface area contributed by atoms with E-state index < -0.39 is 15.1 Å². The number of aromatic nitrogens is 1. The normalized spacial score (nSPS) is 20.2. The number of hydrogen-bond donors (Lipinski definition) is 2. The molecule has 2 heterocycles. The zero-order chi connectivity index (χ0) is 15.5. The summed E-state index contributed by atoms with van der Waals surface area (Å²) in [7, 11) is -3.04. The van der Waals surface area contributed by atoms with Crippen molar-refractivity contribution in [2.45, 2.75) is 31.9 Å². The van der Waals surface area contributed by atoms with Gasteiger partial charge >= 0.3 is 0 Å². The number of sulfone groups is 1. The van der Waals surface area contributed by atoms with Gasteiger partial charge < -0.3 is 10.6 Å². The first-order valence-corrected chi connectivity index (χ1v) is 8.86. The third-order valence-electron chi connectivity index (χ3n) is 3.61. The van der Waals surface area contributed by atoms with Crippen LogP contribution in [0.4, 0.5) is 5.69 Å². The molecule has 1 aromatic heterocycles. The van der Waals surface area contributed by atoms with Crippen molar-refractivity contribution >= 4 is 21.4 Å². The van der Waals surface area contributed by atoms with Crippen LogP contribution in [0.1, 0.15) is 35.8 Å². The lowest BCUT2D eigenvalue weighted by Crippen LogP contribution is -2.35. The predicted octanol–water partition coefficient (Wildman–Crippen LogP) is 1.13. The Bertz CT molecular complexity index is 628. The van der Waals surface area contributed by atoms with E-state index in [2.05, 4.69) is 15.6 Å². The predicted molar refractivity (Wildman–Crippen MR) is 82.3 cm³/mol. The monoisotopic (exact) mass is 311 g/mol. The Labute approximate surface area is 125 Å². The zero-order valence-corrected chi connectivity index (χ0v) is 13.2. The molecule has 1 unspecified atom stereocenters. The minimum Gasteiger partial charge on any atom is -0.385 e. The molecule has 21 heavy (non-hydrogen) atoms. The Morgan fingerprint density at radius 1 is 1.48 bits per heavy atom. The van der Waals surface area contributed by atoms with Crippen LogP contribution in [0.5, 0.6) is 0 Å². The fourth-order valence-corrected chi connectivity index (χ4v) is 4.23. The molecule has 0 bridgehead atoms. The van der Waals surface area contributed by atoms with Gasteiger partial charge in [0.25, 0.3) is 5.91 Å². The molecule has 0 aromatic carbocycles. The van der Waals surface area contributed by atoms with Gasteiger partial charge in [-0.15, -0.1) is 0 Å². The SMILES string of the molecule is CCNc1cc(C)ncc1C(=O)NCC1CCCS1(=O)=O. The van der Waals surface area contributed by atoms with E-state index in [1.165, 1.54) is 6.20 Å². The number of aryl methyl sites for hydroxylation is 1. The molecule has 6 nitrogen and oxygen atoms in total. The summed E-state index contributed by atoms with van der Waals surface area (Å²) in [5.41, 5.74) is 1.98. The Morgan fingerprint density at radius 2 is 2.24 bits per heavy atom. The number of amides is 1. The quantitative estimate of drug-likeness (QED) is 0.851. The average molecular weight is 311 g/mol. The molecule has 0 radical (unpaired) electrons. The third-order valence-corrected chi connectivity index (χ3v) is 5.88. The van der Waals surface area contributed by atoms with E-state index in [0.717, 1.165) is 11.4 Å². The molecule has 1 atom stereocenters. The molecule has 2 N–H and O–H groups in total. The van der Waals surface area contributed by atoms with Crippen LogP contribution < -0.4 is 10.6 Å². The maximum Gasteiger partial charge on any atom is 0.254 e. The summed E-state index contributed by atoms with van der Waals surface area (Å²) in [5.74, 6) is -0.0667. The van der Waals surface area contributed by atoms with Gasteiger partial charge in [0.15, 0.2) is 9.84 Å². The summed E-state index contributed by atoms with van der Waals surface area (Å²) in [6, 6.07) is 1.81. The van der Waals surface area contributed by atoms with Gasteiger partial charge in [-0.3, -0.25) is 9.78 Å². The van der Waals surface area contributed by atoms with Crippen LogP contribution in [-0.2, 0) is 9.84 Å². The van der Waals surface area contributed by atoms with Crippen LogP contribution in [0.15, 0.2) is 12.3 Å². The van der Waals surface area contributed by atoms with E-state index in [-0.39, 0.29) is 18.2 Å². The van der Waals surface area contributed by atoms with Crippen molar-refractivity contribution in [2.75, 3.05) is 24.2 Å². The number of carbonyl (C=O) groups excluding carboxylic acids is 1. The second-order valence-corrected chi connectivity index (χ2v) is 7.64. The first-order chi connectivity index (χ1) is 9.94. The van der Waals surface area contributed by atoms with E-state index in [1.54, 1.807) is 0 Å². The highest BCUT2D eigenvalue weighted by atomic mass is 32.2. The van der Waals surface area contributed by atoms with Crippen LogP contribution in [-0.4, -0.2) is 43.4 Å². The van der Waals surface area contributed by atoms with Crippen LogP contribution in [0, 0.1) is 6.92 Å². The minimum atomic E-state index is -3.04. The van der Waals surface area contributed by atoms with Crippen molar-refractivity contribution in [3.8, 4) is 0 Å². The number of rotatable bonds is 5. The van der Waals surface area contributed by atoms with Crippen LogP contribution in [0.3, 0.4) is 0 Å². The highest BCUT2D eigenvalue weighted by Crippen LogP contribution is 2.20. The third kappa shape index (κ3) is 3.72. The molecule has 1 aliphatic heterocycles. The summed E-state index contributed by atoms with van der Waals surface area (Å²) >= 11 is 0. The number of nitrogens with zero attached hydrogens (tertiary/aromatic N) is 1. The van der Waals surface area contributed by atoms with Gasteiger partial charge in [0, 0.05) is 25.0 Å². The molecule has 1 amide bonds. The molecule has 1 aromatic rings. The first-order valence-electron chi connectivity index (χ1n) is 7.14. The maximum atomic E-state index is 12.2. The highest BCUT2D eigenvalue weighted by molar-refractivity contribution is 7.92. The van der Waals surface area contributed by atoms with Crippen molar-refractivity contribution in [3.63, 3.8) is 0 Å². The van der Waals surface area contributed by atoms with Gasteiger partial charge in [0.05, 0.1) is 22.3 Å². The van der Waals surface area contributed by atoms with Crippen LogP contribution in [0.2, 0.25) is 0 Å². The number of anilines is 1. The smallest absolute Gasteiger partial charge is 0.254 e. The Morgan fingerprint density at radius 3 is 2.86 bits per heavy atom. The molecule has 2 rings (SSSR count). The topological polar surface area (TPSA) is 88.2 Å². The van der Waals surface area contributed by atoms with Crippen molar-refractivity contribution in [2.24, 2.45) is 0 Å². The Hall–Kier alpha value is -1.63. The lowest BCUT2D eigenvalue weighted by Gasteiger charge is -2.13. The van der Waals surface area contributed by atoms with Crippen molar-refractivity contribution in [1.29, 1.82) is 0 Å². The summed E-state index contributed by atoms with van der Waals surface area (Å²) < 4.78 is 23.5. The first kappa shape index (κ1) is 15.8. The molecule has 1 aliphatic rings. The maximum absolute atomic E-state index is 12.2. The van der Waals surface area contributed by atoms with Crippen molar-refractivity contribution in [1.82, 2.24) is 10.3 Å². The van der Waals surface area contributed by atoms with Gasteiger partial charge in [-0.1, -0.05) is 0 Å². The Balaban J connectivity index is 2.07. The van der Waals surface area contributed by atoms with Crippen molar-refractivity contribution < 1.29 is 13.2 Å². The number of hydrogen-bond acceptors (Lipinski definition) is 5. The fraction of sp³-hybridized carbons (Fsp3) is 0.571. The number of pyridine rings is 1. The number of carbonyl (C=O) groups is 1. The molecule has 0 saturated carbocycles. The standard InChI is InChI=1S/C14H21N3O3S/c1-3-15-13-7-10(2)16-9-12(13)14(18)17-8-11-5-4-6-21(11,19)20/h7,9,11H,3-6,8H2,1-2H3,(H,15,16)(H,17,18). The van der Waals surface area contributed by atoms with Gasteiger partial charge in [0.1, 0.15) is 0 Å². The largest absolute Gasteiger partial charge is 0.385 e. The molecule has 0 spiro atoms. The summed E-state index contributed by atoms with van der Waals surface area (Å²) in [4.78, 5) is 16.4. The van der Waals surface area contributed by atoms with Gasteiger partial charge in [0.2, 0.25) is 0 Å². The van der Waals surface area contributed by atoms with Crippen LogP contribution in [0.25, 0.3) is 0 Å². The van der Waals surface area contributed by atoms with E-state index in [1.807, 2.05) is 19.9 Å². The van der Waals surface area contributed by atoms with Gasteiger partial charge in [-0.25, -0.2) is 8.42 Å². The van der Waals surface area contributed by atoms with E-state index in [9.17, 15) is 13.2 Å². The molecular weight excluding hydrogens is 290 g/mol. The van der Waals surface area contributed by atoms with Gasteiger partial charge in [-0.2, -0.15) is 0 Å². The van der Waals surface area contributed by atoms with E-state index in [0.29, 0.717) is 24.9 Å². The molecule has 0 aliphatic carbocycles. The van der Waals surface area contributed by atoms with E-state index in [4.69, 9.17) is 0 Å². The average Bonchev–Trinajstić information content (AvgIpc) is 2.75. The second kappa shape index (κ2) is 6.43. The molecule has 7 heteroatoms. The summed E-state index contributed by atoms with van der Waals surface area (Å²) in [6.07, 6.45) is 2.82. The van der Waals surface area contributed by atoms with Gasteiger partial charge in [-0.05, 0) is 32.8 Å². The van der Waals surface area contributed by atoms with Crippen LogP contribution >= 0.6 is 0 Å². The van der Waals surface area contributed by atoms with Crippen molar-refractivity contribution in [3.05, 3.63) is 23.5 Å². The summed E-state index contributed by atoms with van der Waals surface area (Å²) in [5, 5.41) is 5.38. The lowest BCUT2D eigenvalue weighted by atomic mass is 10.2. The summed E-state index contributed by atoms with van der Waals surface area (Å²) in [6.45, 7) is 4.66. The second-order valence-electron chi connectivity index (χ2n) is 5.24. The zero-order valence-electron chi connectivity index (χ0n) is 12.3. The lowest BCUT2D eigenvalue weighted by molar-refractivity contribution is 0.0954. The molecule has 1 fully saturated rings.